The molecule has 1 aromatic carbocycles. The lowest BCUT2D eigenvalue weighted by Gasteiger charge is -2.44. The fourth-order valence-electron chi connectivity index (χ4n) is 3.98. The van der Waals surface area contributed by atoms with Gasteiger partial charge in [0.25, 0.3) is 5.56 Å². The minimum atomic E-state index is 0.0673. The number of aryl methyl sites for hydroxylation is 1. The van der Waals surface area contributed by atoms with Crippen molar-refractivity contribution in [3.8, 4) is 0 Å². The Morgan fingerprint density at radius 1 is 1.20 bits per heavy atom. The molecule has 1 aromatic heterocycles. The van der Waals surface area contributed by atoms with Gasteiger partial charge >= 0.3 is 0 Å². The van der Waals surface area contributed by atoms with E-state index in [-0.39, 0.29) is 5.56 Å². The van der Waals surface area contributed by atoms with Crippen LogP contribution >= 0.6 is 0 Å². The molecule has 1 unspecified atom stereocenters. The molecular weight excluding hydrogens is 248 g/mol. The van der Waals surface area contributed by atoms with Gasteiger partial charge in [-0.15, -0.1) is 0 Å². The van der Waals surface area contributed by atoms with Crippen molar-refractivity contribution in [2.24, 2.45) is 5.92 Å². The minimum Gasteiger partial charge on any atom is -0.325 e. The zero-order valence-corrected chi connectivity index (χ0v) is 11.9. The summed E-state index contributed by atoms with van der Waals surface area (Å²) in [4.78, 5) is 18.0. The topological polar surface area (TPSA) is 36.1 Å². The molecule has 3 aliphatic heterocycles. The van der Waals surface area contributed by atoms with Gasteiger partial charge < -0.3 is 9.88 Å². The van der Waals surface area contributed by atoms with Crippen LogP contribution < -0.4 is 5.56 Å². The molecule has 2 bridgehead atoms. The van der Waals surface area contributed by atoms with Crippen LogP contribution in [0.4, 0.5) is 0 Å². The quantitative estimate of drug-likeness (QED) is 0.863. The lowest BCUT2D eigenvalue weighted by Crippen LogP contribution is -2.46. The Hall–Kier alpha value is -1.61. The van der Waals surface area contributed by atoms with Crippen LogP contribution in [0.1, 0.15) is 30.0 Å². The summed E-state index contributed by atoms with van der Waals surface area (Å²) >= 11 is 0. The molecule has 4 heterocycles. The number of nitrogens with one attached hydrogen (secondary N) is 1. The van der Waals surface area contributed by atoms with E-state index in [9.17, 15) is 4.79 Å². The third-order valence-electron chi connectivity index (χ3n) is 5.18. The molecule has 3 heteroatoms. The van der Waals surface area contributed by atoms with E-state index in [1.807, 2.05) is 12.1 Å². The number of aromatic amines is 1. The van der Waals surface area contributed by atoms with Gasteiger partial charge in [-0.1, -0.05) is 12.1 Å². The predicted octanol–water partition coefficient (Wildman–Crippen LogP) is 2.65. The molecule has 0 spiro atoms. The van der Waals surface area contributed by atoms with Crippen molar-refractivity contribution in [1.82, 2.24) is 9.88 Å². The van der Waals surface area contributed by atoms with Crippen LogP contribution in [0, 0.1) is 12.8 Å². The summed E-state index contributed by atoms with van der Waals surface area (Å²) in [6.45, 7) is 5.66. The molecule has 104 valence electrons. The molecule has 3 nitrogen and oxygen atoms in total. The van der Waals surface area contributed by atoms with E-state index >= 15 is 0 Å². The van der Waals surface area contributed by atoms with Crippen molar-refractivity contribution < 1.29 is 0 Å². The minimum absolute atomic E-state index is 0.0673. The number of aromatic nitrogens is 1. The van der Waals surface area contributed by atoms with Crippen LogP contribution in [-0.2, 0) is 0 Å². The van der Waals surface area contributed by atoms with Gasteiger partial charge in [-0.3, -0.25) is 4.79 Å². The molecule has 0 amide bonds. The second kappa shape index (κ2) is 4.45. The Morgan fingerprint density at radius 3 is 2.70 bits per heavy atom. The van der Waals surface area contributed by atoms with Crippen molar-refractivity contribution in [3.63, 3.8) is 0 Å². The fraction of sp³-hybridized carbons (Fsp3) is 0.471. The Labute approximate surface area is 118 Å². The largest absolute Gasteiger partial charge is 0.325 e. The summed E-state index contributed by atoms with van der Waals surface area (Å²) in [5, 5.41) is 1.93. The molecule has 3 fully saturated rings. The number of H-pyrrole nitrogens is 1. The maximum atomic E-state index is 12.3. The van der Waals surface area contributed by atoms with E-state index in [4.69, 9.17) is 0 Å². The second-order valence-corrected chi connectivity index (χ2v) is 6.33. The van der Waals surface area contributed by atoms with E-state index in [0.717, 1.165) is 28.9 Å². The monoisotopic (exact) mass is 268 g/mol. The summed E-state index contributed by atoms with van der Waals surface area (Å²) in [5.41, 5.74) is 2.40. The van der Waals surface area contributed by atoms with E-state index in [1.165, 1.54) is 31.5 Å². The van der Waals surface area contributed by atoms with Gasteiger partial charge in [0.15, 0.2) is 0 Å². The highest BCUT2D eigenvalue weighted by Gasteiger charge is 2.35. The molecule has 0 radical (unpaired) electrons. The summed E-state index contributed by atoms with van der Waals surface area (Å²) in [5.74, 6) is 1.26. The highest BCUT2D eigenvalue weighted by molar-refractivity contribution is 5.85. The maximum absolute atomic E-state index is 12.3. The molecule has 0 aliphatic carbocycles. The number of hydrogen-bond acceptors (Lipinski definition) is 2. The molecule has 1 atom stereocenters. The summed E-state index contributed by atoms with van der Waals surface area (Å²) < 4.78 is 0. The lowest BCUT2D eigenvalue weighted by atomic mass is 9.77. The molecule has 5 rings (SSSR count). The molecular formula is C17H20N2O. The number of piperidine rings is 3. The zero-order valence-electron chi connectivity index (χ0n) is 11.9. The first kappa shape index (κ1) is 12.2. The predicted molar refractivity (Wildman–Crippen MR) is 81.2 cm³/mol. The van der Waals surface area contributed by atoms with Crippen LogP contribution in [0.2, 0.25) is 0 Å². The molecule has 0 saturated carbocycles. The molecule has 3 saturated heterocycles. The summed E-state index contributed by atoms with van der Waals surface area (Å²) in [6, 6.07) is 8.18. The number of benzene rings is 1. The van der Waals surface area contributed by atoms with Crippen molar-refractivity contribution in [2.75, 3.05) is 19.6 Å². The number of fused-ring (bicyclic) bond motifs is 4. The zero-order chi connectivity index (χ0) is 13.7. The van der Waals surface area contributed by atoms with Crippen LogP contribution in [0.15, 0.2) is 29.1 Å². The Kier molecular flexibility index (Phi) is 2.71. The van der Waals surface area contributed by atoms with Crippen LogP contribution in [0.3, 0.4) is 0 Å². The van der Waals surface area contributed by atoms with Gasteiger partial charge in [-0.25, -0.2) is 0 Å². The number of pyridine rings is 1. The maximum Gasteiger partial charge on any atom is 0.256 e. The third kappa shape index (κ3) is 1.80. The van der Waals surface area contributed by atoms with Gasteiger partial charge in [0.05, 0.1) is 0 Å². The van der Waals surface area contributed by atoms with Gasteiger partial charge in [0.1, 0.15) is 0 Å². The third-order valence-corrected chi connectivity index (χ3v) is 5.18. The highest BCUT2D eigenvalue weighted by Crippen LogP contribution is 2.38. The summed E-state index contributed by atoms with van der Waals surface area (Å²) in [6.07, 6.45) is 2.55. The average molecular weight is 268 g/mol. The van der Waals surface area contributed by atoms with Gasteiger partial charge in [0.2, 0.25) is 0 Å². The highest BCUT2D eigenvalue weighted by atomic mass is 16.1. The Morgan fingerprint density at radius 2 is 2.00 bits per heavy atom. The molecule has 3 aliphatic rings. The smallest absolute Gasteiger partial charge is 0.256 e. The van der Waals surface area contributed by atoms with E-state index in [2.05, 4.69) is 28.9 Å². The van der Waals surface area contributed by atoms with Crippen molar-refractivity contribution in [3.05, 3.63) is 45.9 Å². The molecule has 2 aromatic rings. The standard InChI is InChI=1S/C17H20N2O/c1-11-3-2-4-13-14(11)9-16(18-17(13)20)15-10-19-7-5-12(15)6-8-19/h2-4,9,12,15H,5-8,10H2,1H3,(H,18,20). The van der Waals surface area contributed by atoms with E-state index < -0.39 is 0 Å². The SMILES string of the molecule is Cc1cccc2c(=O)[nH]c(C3CN4CCC3CC4)cc12. The number of hydrogen-bond donors (Lipinski definition) is 1. The van der Waals surface area contributed by atoms with Crippen molar-refractivity contribution >= 4 is 10.8 Å². The first-order valence-corrected chi connectivity index (χ1v) is 7.57. The molecule has 1 N–H and O–H groups in total. The first-order valence-electron chi connectivity index (χ1n) is 7.57. The van der Waals surface area contributed by atoms with E-state index in [1.54, 1.807) is 0 Å². The number of nitrogens with zero attached hydrogens (tertiary/aromatic N) is 1. The number of rotatable bonds is 1. The van der Waals surface area contributed by atoms with E-state index in [0.29, 0.717) is 5.92 Å². The van der Waals surface area contributed by atoms with Crippen LogP contribution in [0.25, 0.3) is 10.8 Å². The average Bonchev–Trinajstić information content (AvgIpc) is 2.49. The van der Waals surface area contributed by atoms with Crippen LogP contribution in [0.5, 0.6) is 0 Å². The molecule has 20 heavy (non-hydrogen) atoms. The first-order chi connectivity index (χ1) is 9.72. The lowest BCUT2D eigenvalue weighted by molar-refractivity contribution is 0.0854. The fourth-order valence-corrected chi connectivity index (χ4v) is 3.98. The van der Waals surface area contributed by atoms with Crippen LogP contribution in [-0.4, -0.2) is 29.5 Å². The van der Waals surface area contributed by atoms with Gasteiger partial charge in [-0.2, -0.15) is 0 Å². The van der Waals surface area contributed by atoms with Gasteiger partial charge in [0, 0.05) is 23.5 Å². The summed E-state index contributed by atoms with van der Waals surface area (Å²) in [7, 11) is 0. The van der Waals surface area contributed by atoms with Crippen molar-refractivity contribution in [1.29, 1.82) is 0 Å². The Balaban J connectivity index is 1.85. The normalized spacial score (nSPS) is 28.9. The Bertz CT molecular complexity index is 710. The van der Waals surface area contributed by atoms with Crippen molar-refractivity contribution in [2.45, 2.75) is 25.7 Å². The van der Waals surface area contributed by atoms with Gasteiger partial charge in [-0.05, 0) is 61.9 Å². The second-order valence-electron chi connectivity index (χ2n) is 6.33.